The molecule has 0 saturated carbocycles. The van der Waals surface area contributed by atoms with E-state index in [1.807, 2.05) is 35.3 Å². The summed E-state index contributed by atoms with van der Waals surface area (Å²) in [4.78, 5) is 29.6. The van der Waals surface area contributed by atoms with Crippen LogP contribution in [0.2, 0.25) is 0 Å². The fourth-order valence-corrected chi connectivity index (χ4v) is 4.14. The van der Waals surface area contributed by atoms with Crippen molar-refractivity contribution in [1.29, 1.82) is 0 Å². The molecule has 1 saturated heterocycles. The van der Waals surface area contributed by atoms with Crippen LogP contribution in [0.3, 0.4) is 0 Å². The number of fused-ring (bicyclic) bond motifs is 1. The predicted molar refractivity (Wildman–Crippen MR) is 125 cm³/mol. The lowest BCUT2D eigenvalue weighted by Gasteiger charge is -2.14. The van der Waals surface area contributed by atoms with E-state index in [0.29, 0.717) is 18.8 Å². The Morgan fingerprint density at radius 2 is 1.84 bits per heavy atom. The Bertz CT molecular complexity index is 1280. The molecular weight excluding hydrogens is 402 g/mol. The highest BCUT2D eigenvalue weighted by molar-refractivity contribution is 6.40. The Balaban J connectivity index is 1.39. The van der Waals surface area contributed by atoms with Gasteiger partial charge in [-0.3, -0.25) is 9.59 Å². The summed E-state index contributed by atoms with van der Waals surface area (Å²) in [5.74, 6) is -1.06. The SMILES string of the molecule is CCc1ccc(-n2cc(-c3ccc4[nH]cc(NC(=O)C(=O)N5CCCC5)c4c3)cn2)cc1. The maximum absolute atomic E-state index is 12.5. The highest BCUT2D eigenvalue weighted by Crippen LogP contribution is 2.29. The van der Waals surface area contributed by atoms with Gasteiger partial charge in [0.2, 0.25) is 0 Å². The van der Waals surface area contributed by atoms with Crippen molar-refractivity contribution >= 4 is 28.4 Å². The molecular formula is C25H25N5O2. The van der Waals surface area contributed by atoms with Crippen molar-refractivity contribution in [1.82, 2.24) is 19.7 Å². The Morgan fingerprint density at radius 1 is 1.06 bits per heavy atom. The number of hydrogen-bond acceptors (Lipinski definition) is 3. The molecule has 0 atom stereocenters. The van der Waals surface area contributed by atoms with Crippen molar-refractivity contribution in [3.8, 4) is 16.8 Å². The zero-order valence-corrected chi connectivity index (χ0v) is 18.0. The van der Waals surface area contributed by atoms with Crippen LogP contribution in [0.5, 0.6) is 0 Å². The molecule has 0 aliphatic carbocycles. The minimum Gasteiger partial charge on any atom is -0.359 e. The number of rotatable bonds is 4. The monoisotopic (exact) mass is 427 g/mol. The van der Waals surface area contributed by atoms with E-state index in [9.17, 15) is 9.59 Å². The Kier molecular flexibility index (Phi) is 5.23. The molecule has 1 fully saturated rings. The van der Waals surface area contributed by atoms with E-state index in [1.54, 1.807) is 11.1 Å². The molecule has 0 unspecified atom stereocenters. The topological polar surface area (TPSA) is 83.0 Å². The van der Waals surface area contributed by atoms with Gasteiger partial charge in [0.1, 0.15) is 0 Å². The minimum absolute atomic E-state index is 0.469. The molecule has 1 aliphatic rings. The summed E-state index contributed by atoms with van der Waals surface area (Å²) in [6, 6.07) is 14.3. The molecule has 0 radical (unpaired) electrons. The number of aromatic nitrogens is 3. The number of hydrogen-bond donors (Lipinski definition) is 2. The number of amides is 2. The lowest BCUT2D eigenvalue weighted by atomic mass is 10.1. The number of nitrogens with zero attached hydrogens (tertiary/aromatic N) is 3. The van der Waals surface area contributed by atoms with Gasteiger partial charge >= 0.3 is 11.8 Å². The van der Waals surface area contributed by atoms with E-state index in [-0.39, 0.29) is 0 Å². The number of aromatic amines is 1. The van der Waals surface area contributed by atoms with E-state index >= 15 is 0 Å². The van der Waals surface area contributed by atoms with Crippen LogP contribution in [0.4, 0.5) is 5.69 Å². The van der Waals surface area contributed by atoms with Gasteiger partial charge in [0.05, 0.1) is 17.6 Å². The zero-order valence-electron chi connectivity index (χ0n) is 18.0. The van der Waals surface area contributed by atoms with Crippen molar-refractivity contribution in [3.63, 3.8) is 0 Å². The smallest absolute Gasteiger partial charge is 0.313 e. The Hall–Kier alpha value is -3.87. The molecule has 5 rings (SSSR count). The standard InChI is InChI=1S/C25H25N5O2/c1-2-17-5-8-20(9-6-17)30-16-19(14-27-30)18-7-10-22-21(13-18)23(15-26-22)28-24(31)25(32)29-11-3-4-12-29/h5-10,13-16,26H,2-4,11-12H2,1H3,(H,28,31). The third kappa shape index (κ3) is 3.77. The van der Waals surface area contributed by atoms with Gasteiger partial charge in [-0.1, -0.05) is 25.1 Å². The van der Waals surface area contributed by atoms with Gasteiger partial charge in [0.25, 0.3) is 0 Å². The predicted octanol–water partition coefficient (Wildman–Crippen LogP) is 4.14. The molecule has 162 valence electrons. The van der Waals surface area contributed by atoms with Crippen LogP contribution < -0.4 is 5.32 Å². The van der Waals surface area contributed by atoms with Crippen LogP contribution in [0, 0.1) is 0 Å². The second-order valence-corrected chi connectivity index (χ2v) is 8.11. The molecule has 7 heteroatoms. The maximum atomic E-state index is 12.5. The van der Waals surface area contributed by atoms with Crippen molar-refractivity contribution in [2.24, 2.45) is 0 Å². The maximum Gasteiger partial charge on any atom is 0.313 e. The van der Waals surface area contributed by atoms with Crippen LogP contribution >= 0.6 is 0 Å². The number of nitrogens with one attached hydrogen (secondary N) is 2. The lowest BCUT2D eigenvalue weighted by molar-refractivity contribution is -0.142. The molecule has 0 spiro atoms. The summed E-state index contributed by atoms with van der Waals surface area (Å²) in [7, 11) is 0. The first kappa shape index (κ1) is 20.1. The summed E-state index contributed by atoms with van der Waals surface area (Å²) in [6.07, 6.45) is 8.45. The third-order valence-corrected chi connectivity index (χ3v) is 6.04. The molecule has 7 nitrogen and oxygen atoms in total. The number of carbonyl (C=O) groups excluding carboxylic acids is 2. The molecule has 2 aromatic heterocycles. The summed E-state index contributed by atoms with van der Waals surface area (Å²) in [5.41, 5.74) is 5.73. The van der Waals surface area contributed by atoms with Crippen LogP contribution in [0.15, 0.2) is 61.1 Å². The van der Waals surface area contributed by atoms with Crippen molar-refractivity contribution in [2.45, 2.75) is 26.2 Å². The first-order chi connectivity index (χ1) is 15.6. The number of carbonyl (C=O) groups is 2. The average Bonchev–Trinajstić information content (AvgIpc) is 3.59. The summed E-state index contributed by atoms with van der Waals surface area (Å²) < 4.78 is 1.85. The molecule has 2 N–H and O–H groups in total. The summed E-state index contributed by atoms with van der Waals surface area (Å²) in [5, 5.41) is 8.14. The third-order valence-electron chi connectivity index (χ3n) is 6.04. The fourth-order valence-electron chi connectivity index (χ4n) is 4.14. The van der Waals surface area contributed by atoms with Crippen LogP contribution in [-0.2, 0) is 16.0 Å². The van der Waals surface area contributed by atoms with E-state index in [0.717, 1.165) is 47.0 Å². The van der Waals surface area contributed by atoms with Gasteiger partial charge in [0, 0.05) is 41.9 Å². The van der Waals surface area contributed by atoms with Crippen molar-refractivity contribution in [3.05, 3.63) is 66.6 Å². The van der Waals surface area contributed by atoms with Gasteiger partial charge in [-0.15, -0.1) is 0 Å². The first-order valence-electron chi connectivity index (χ1n) is 11.0. The molecule has 32 heavy (non-hydrogen) atoms. The van der Waals surface area contributed by atoms with Gasteiger partial charge in [-0.25, -0.2) is 4.68 Å². The van der Waals surface area contributed by atoms with E-state index in [2.05, 4.69) is 46.6 Å². The van der Waals surface area contributed by atoms with Crippen molar-refractivity contribution in [2.75, 3.05) is 18.4 Å². The lowest BCUT2D eigenvalue weighted by Crippen LogP contribution is -2.37. The number of H-pyrrole nitrogens is 1. The number of anilines is 1. The van der Waals surface area contributed by atoms with Gasteiger partial charge in [0.15, 0.2) is 0 Å². The Morgan fingerprint density at radius 3 is 2.59 bits per heavy atom. The van der Waals surface area contributed by atoms with E-state index in [4.69, 9.17) is 0 Å². The van der Waals surface area contributed by atoms with Crippen LogP contribution in [0.1, 0.15) is 25.3 Å². The molecule has 2 amide bonds. The largest absolute Gasteiger partial charge is 0.359 e. The Labute approximate surface area is 186 Å². The highest BCUT2D eigenvalue weighted by Gasteiger charge is 2.25. The highest BCUT2D eigenvalue weighted by atomic mass is 16.2. The first-order valence-corrected chi connectivity index (χ1v) is 11.0. The number of likely N-dealkylation sites (tertiary alicyclic amines) is 1. The van der Waals surface area contributed by atoms with E-state index in [1.165, 1.54) is 5.56 Å². The number of aryl methyl sites for hydroxylation is 1. The summed E-state index contributed by atoms with van der Waals surface area (Å²) >= 11 is 0. The molecule has 4 aromatic rings. The normalized spacial score (nSPS) is 13.6. The molecule has 1 aliphatic heterocycles. The average molecular weight is 428 g/mol. The molecule has 3 heterocycles. The van der Waals surface area contributed by atoms with Crippen LogP contribution in [0.25, 0.3) is 27.7 Å². The quantitative estimate of drug-likeness (QED) is 0.480. The second-order valence-electron chi connectivity index (χ2n) is 8.11. The molecule has 2 aromatic carbocycles. The van der Waals surface area contributed by atoms with Crippen LogP contribution in [-0.4, -0.2) is 44.6 Å². The number of benzene rings is 2. The molecule has 0 bridgehead atoms. The van der Waals surface area contributed by atoms with E-state index < -0.39 is 11.8 Å². The zero-order chi connectivity index (χ0) is 22.1. The minimum atomic E-state index is -0.596. The van der Waals surface area contributed by atoms with Gasteiger partial charge in [-0.2, -0.15) is 5.10 Å². The van der Waals surface area contributed by atoms with Crippen molar-refractivity contribution < 1.29 is 9.59 Å². The second kappa shape index (κ2) is 8.34. The van der Waals surface area contributed by atoms with Gasteiger partial charge in [-0.05, 0) is 54.7 Å². The van der Waals surface area contributed by atoms with Gasteiger partial charge < -0.3 is 15.2 Å². The summed E-state index contributed by atoms with van der Waals surface area (Å²) in [6.45, 7) is 3.43. The fraction of sp³-hybridized carbons (Fsp3) is 0.240.